The zero-order valence-electron chi connectivity index (χ0n) is 10.2. The van der Waals surface area contributed by atoms with E-state index in [4.69, 9.17) is 14.2 Å². The van der Waals surface area contributed by atoms with E-state index in [2.05, 4.69) is 22.0 Å². The minimum atomic E-state index is 0.390. The summed E-state index contributed by atoms with van der Waals surface area (Å²) in [6, 6.07) is 6.19. The quantitative estimate of drug-likeness (QED) is 0.573. The summed E-state index contributed by atoms with van der Waals surface area (Å²) in [4.78, 5) is 0. The highest BCUT2D eigenvalue weighted by Gasteiger charge is 2.25. The van der Waals surface area contributed by atoms with Crippen LogP contribution in [0.2, 0.25) is 0 Å². The van der Waals surface area contributed by atoms with E-state index in [0.717, 1.165) is 49.3 Å². The first-order chi connectivity index (χ1) is 8.83. The van der Waals surface area contributed by atoms with Crippen LogP contribution in [0.15, 0.2) is 22.7 Å². The molecule has 4 heteroatoms. The number of epoxide rings is 2. The Morgan fingerprint density at radius 2 is 2.00 bits per heavy atom. The molecule has 2 atom stereocenters. The van der Waals surface area contributed by atoms with Crippen LogP contribution in [-0.2, 0) is 15.9 Å². The molecule has 1 aromatic rings. The normalized spacial score (nSPS) is 24.9. The molecule has 98 valence electrons. The molecule has 0 aromatic heterocycles. The van der Waals surface area contributed by atoms with E-state index in [9.17, 15) is 0 Å². The molecule has 0 N–H and O–H groups in total. The lowest BCUT2D eigenvalue weighted by molar-refractivity contribution is 0.288. The Hall–Kier alpha value is -0.580. The van der Waals surface area contributed by atoms with Crippen molar-refractivity contribution in [2.45, 2.75) is 31.5 Å². The third-order valence-corrected chi connectivity index (χ3v) is 3.84. The lowest BCUT2D eigenvalue weighted by atomic mass is 10.1. The molecule has 0 aliphatic carbocycles. The van der Waals surface area contributed by atoms with E-state index in [1.165, 1.54) is 5.56 Å². The molecule has 3 rings (SSSR count). The van der Waals surface area contributed by atoms with Gasteiger partial charge >= 0.3 is 0 Å². The van der Waals surface area contributed by atoms with E-state index in [1.807, 2.05) is 12.1 Å². The van der Waals surface area contributed by atoms with Gasteiger partial charge in [0.2, 0.25) is 0 Å². The van der Waals surface area contributed by atoms with Crippen LogP contribution in [0.3, 0.4) is 0 Å². The Morgan fingerprint density at radius 3 is 2.72 bits per heavy atom. The summed E-state index contributed by atoms with van der Waals surface area (Å²) in [5.41, 5.74) is 1.23. The smallest absolute Gasteiger partial charge is 0.136 e. The van der Waals surface area contributed by atoms with Crippen molar-refractivity contribution in [1.29, 1.82) is 0 Å². The zero-order valence-corrected chi connectivity index (χ0v) is 11.8. The first-order valence-electron chi connectivity index (χ1n) is 6.46. The number of halogens is 1. The van der Waals surface area contributed by atoms with Crippen LogP contribution in [0.4, 0.5) is 0 Å². The molecule has 3 nitrogen and oxygen atoms in total. The first kappa shape index (κ1) is 12.5. The van der Waals surface area contributed by atoms with Crippen LogP contribution in [-0.4, -0.2) is 32.0 Å². The third-order valence-electron chi connectivity index (χ3n) is 3.22. The van der Waals surface area contributed by atoms with Crippen molar-refractivity contribution >= 4 is 15.9 Å². The van der Waals surface area contributed by atoms with E-state index in [1.54, 1.807) is 0 Å². The summed E-state index contributed by atoms with van der Waals surface area (Å²) >= 11 is 3.56. The molecule has 1 aromatic carbocycles. The molecule has 0 spiro atoms. The van der Waals surface area contributed by atoms with Gasteiger partial charge in [0.05, 0.1) is 36.5 Å². The summed E-state index contributed by atoms with van der Waals surface area (Å²) < 4.78 is 17.4. The Morgan fingerprint density at radius 1 is 1.22 bits per heavy atom. The van der Waals surface area contributed by atoms with E-state index < -0.39 is 0 Å². The fourth-order valence-corrected chi connectivity index (χ4v) is 2.55. The van der Waals surface area contributed by atoms with Crippen LogP contribution in [0, 0.1) is 0 Å². The number of hydrogen-bond acceptors (Lipinski definition) is 3. The van der Waals surface area contributed by atoms with Gasteiger partial charge < -0.3 is 14.2 Å². The van der Waals surface area contributed by atoms with Crippen molar-refractivity contribution in [1.82, 2.24) is 0 Å². The van der Waals surface area contributed by atoms with Gasteiger partial charge in [-0.2, -0.15) is 0 Å². The van der Waals surface area contributed by atoms with E-state index in [-0.39, 0.29) is 0 Å². The van der Waals surface area contributed by atoms with Gasteiger partial charge in [0.25, 0.3) is 0 Å². The highest BCUT2D eigenvalue weighted by atomic mass is 79.9. The maximum absolute atomic E-state index is 5.92. The number of benzene rings is 1. The summed E-state index contributed by atoms with van der Waals surface area (Å²) in [5, 5.41) is 0. The number of hydrogen-bond donors (Lipinski definition) is 0. The molecular formula is C14H17BrO3. The van der Waals surface area contributed by atoms with E-state index >= 15 is 0 Å². The molecular weight excluding hydrogens is 296 g/mol. The molecule has 2 aliphatic heterocycles. The summed E-state index contributed by atoms with van der Waals surface area (Å²) in [7, 11) is 0. The standard InChI is InChI=1S/C14H17BrO3/c15-13-5-1-3-10(7-12-9-18-12)14(13)16-6-2-4-11-8-17-11/h1,3,5,11-12H,2,4,6-9H2. The number of rotatable bonds is 7. The third kappa shape index (κ3) is 3.46. The predicted molar refractivity (Wildman–Crippen MR) is 72.1 cm³/mol. The molecule has 0 radical (unpaired) electrons. The van der Waals surface area contributed by atoms with Crippen LogP contribution in [0.25, 0.3) is 0 Å². The zero-order chi connectivity index (χ0) is 12.4. The summed E-state index contributed by atoms with van der Waals surface area (Å²) in [5.74, 6) is 0.977. The fourth-order valence-electron chi connectivity index (χ4n) is 2.03. The molecule has 0 amide bonds. The Labute approximate surface area is 116 Å². The van der Waals surface area contributed by atoms with Crippen molar-refractivity contribution < 1.29 is 14.2 Å². The van der Waals surface area contributed by atoms with Gasteiger partial charge in [-0.1, -0.05) is 12.1 Å². The van der Waals surface area contributed by atoms with Gasteiger partial charge in [0.1, 0.15) is 5.75 Å². The van der Waals surface area contributed by atoms with E-state index in [0.29, 0.717) is 12.2 Å². The molecule has 0 saturated carbocycles. The van der Waals surface area contributed by atoms with Gasteiger partial charge in [-0.3, -0.25) is 0 Å². The average molecular weight is 313 g/mol. The van der Waals surface area contributed by atoms with Crippen LogP contribution >= 0.6 is 15.9 Å². The van der Waals surface area contributed by atoms with Gasteiger partial charge in [-0.15, -0.1) is 0 Å². The van der Waals surface area contributed by atoms with Crippen LogP contribution < -0.4 is 4.74 Å². The average Bonchev–Trinajstić information content (AvgIpc) is 3.22. The second-order valence-corrected chi connectivity index (χ2v) is 5.69. The highest BCUT2D eigenvalue weighted by Crippen LogP contribution is 2.32. The van der Waals surface area contributed by atoms with Gasteiger partial charge in [0, 0.05) is 6.42 Å². The highest BCUT2D eigenvalue weighted by molar-refractivity contribution is 9.10. The predicted octanol–water partition coefficient (Wildman–Crippen LogP) is 2.95. The molecule has 2 fully saturated rings. The SMILES string of the molecule is Brc1cccc(CC2CO2)c1OCCCC1CO1. The van der Waals surface area contributed by atoms with Crippen molar-refractivity contribution in [2.75, 3.05) is 19.8 Å². The monoisotopic (exact) mass is 312 g/mol. The minimum absolute atomic E-state index is 0.390. The topological polar surface area (TPSA) is 34.3 Å². The molecule has 2 unspecified atom stereocenters. The molecule has 2 aliphatic rings. The van der Waals surface area contributed by atoms with Crippen molar-refractivity contribution in [3.63, 3.8) is 0 Å². The second kappa shape index (κ2) is 5.59. The van der Waals surface area contributed by atoms with Gasteiger partial charge in [-0.25, -0.2) is 0 Å². The van der Waals surface area contributed by atoms with Crippen molar-refractivity contribution in [3.05, 3.63) is 28.2 Å². The van der Waals surface area contributed by atoms with Crippen LogP contribution in [0.5, 0.6) is 5.75 Å². The lowest BCUT2D eigenvalue weighted by Crippen LogP contribution is -2.04. The van der Waals surface area contributed by atoms with Crippen molar-refractivity contribution in [2.24, 2.45) is 0 Å². The minimum Gasteiger partial charge on any atom is -0.492 e. The lowest BCUT2D eigenvalue weighted by Gasteiger charge is -2.12. The van der Waals surface area contributed by atoms with Crippen LogP contribution in [0.1, 0.15) is 18.4 Å². The molecule has 0 bridgehead atoms. The maximum atomic E-state index is 5.92. The summed E-state index contributed by atoms with van der Waals surface area (Å²) in [6.45, 7) is 2.56. The second-order valence-electron chi connectivity index (χ2n) is 4.83. The van der Waals surface area contributed by atoms with Gasteiger partial charge in [0.15, 0.2) is 0 Å². The number of para-hydroxylation sites is 1. The Balaban J connectivity index is 1.56. The first-order valence-corrected chi connectivity index (χ1v) is 7.25. The Kier molecular flexibility index (Phi) is 3.87. The maximum Gasteiger partial charge on any atom is 0.136 e. The summed E-state index contributed by atoms with van der Waals surface area (Å²) in [6.07, 6.45) is 3.98. The van der Waals surface area contributed by atoms with Crippen molar-refractivity contribution in [3.8, 4) is 5.75 Å². The molecule has 18 heavy (non-hydrogen) atoms. The molecule has 2 heterocycles. The van der Waals surface area contributed by atoms with Gasteiger partial charge in [-0.05, 0) is 40.4 Å². The Bertz CT molecular complexity index is 414. The largest absolute Gasteiger partial charge is 0.492 e. The number of ether oxygens (including phenoxy) is 3. The molecule has 2 saturated heterocycles. The fraction of sp³-hybridized carbons (Fsp3) is 0.571.